The summed E-state index contributed by atoms with van der Waals surface area (Å²) < 4.78 is 5.24. The monoisotopic (exact) mass is 298 g/mol. The molecule has 0 saturated heterocycles. The van der Waals surface area contributed by atoms with Crippen LogP contribution in [0.25, 0.3) is 0 Å². The van der Waals surface area contributed by atoms with E-state index >= 15 is 0 Å². The van der Waals surface area contributed by atoms with E-state index < -0.39 is 27.3 Å². The van der Waals surface area contributed by atoms with Gasteiger partial charge in [-0.1, -0.05) is 0 Å². The number of carboxylic acid groups (broad SMARTS) is 1. The first-order valence-corrected chi connectivity index (χ1v) is 6.79. The van der Waals surface area contributed by atoms with Gasteiger partial charge in [0.25, 0.3) is 0 Å². The fourth-order valence-corrected chi connectivity index (χ4v) is 2.99. The number of carbonyl (C=O) groups is 2. The molecule has 0 aliphatic rings. The van der Waals surface area contributed by atoms with Crippen LogP contribution in [0.15, 0.2) is 18.5 Å². The average Bonchev–Trinajstić information content (AvgIpc) is 2.14. The second-order valence-electron chi connectivity index (χ2n) is 4.29. The van der Waals surface area contributed by atoms with Gasteiger partial charge in [-0.05, 0) is 0 Å². The van der Waals surface area contributed by atoms with E-state index in [4.69, 9.17) is 9.84 Å². The molecule has 0 spiro atoms. The standard InChI is InChI=1S/C11H13AsNO4/c1-11(2,3)17-10(16)12-8-6-13-5-4-7(8)9(14)15/h4-6H,1-3H3,(H,14,15). The third-order valence-corrected chi connectivity index (χ3v) is 3.46. The minimum atomic E-state index is -1.05. The minimum absolute atomic E-state index is 0.117. The topological polar surface area (TPSA) is 76.5 Å². The summed E-state index contributed by atoms with van der Waals surface area (Å²) in [6, 6.07) is 1.39. The normalized spacial score (nSPS) is 11.7. The second kappa shape index (κ2) is 5.32. The van der Waals surface area contributed by atoms with Gasteiger partial charge in [0.2, 0.25) is 0 Å². The van der Waals surface area contributed by atoms with Crippen molar-refractivity contribution in [1.29, 1.82) is 0 Å². The zero-order valence-corrected chi connectivity index (χ0v) is 11.7. The molecule has 6 heteroatoms. The summed E-state index contributed by atoms with van der Waals surface area (Å²) >= 11 is -1.00. The van der Waals surface area contributed by atoms with E-state index in [1.165, 1.54) is 18.5 Å². The van der Waals surface area contributed by atoms with Crippen LogP contribution in [0.1, 0.15) is 31.1 Å². The Labute approximate surface area is 106 Å². The van der Waals surface area contributed by atoms with Crippen LogP contribution >= 0.6 is 0 Å². The Bertz CT molecular complexity index is 439. The predicted molar refractivity (Wildman–Crippen MR) is 62.8 cm³/mol. The number of nitrogens with zero attached hydrogens (tertiary/aromatic N) is 1. The van der Waals surface area contributed by atoms with E-state index in [9.17, 15) is 9.59 Å². The molecule has 1 aromatic rings. The molecule has 1 N–H and O–H groups in total. The van der Waals surface area contributed by atoms with E-state index in [1.54, 1.807) is 20.8 Å². The van der Waals surface area contributed by atoms with Crippen molar-refractivity contribution in [3.8, 4) is 0 Å². The molecular formula is C11H13AsNO4. The fraction of sp³-hybridized carbons (Fsp3) is 0.364. The first-order valence-electron chi connectivity index (χ1n) is 4.91. The van der Waals surface area contributed by atoms with Crippen LogP contribution in [0, 0.1) is 0 Å². The average molecular weight is 298 g/mol. The third-order valence-electron chi connectivity index (χ3n) is 1.64. The Balaban J connectivity index is 2.82. The molecule has 17 heavy (non-hydrogen) atoms. The SMILES string of the molecule is CC(C)(C)OC(=O)[As]c1cnccc1C(=O)O. The van der Waals surface area contributed by atoms with Crippen molar-refractivity contribution in [3.05, 3.63) is 24.0 Å². The van der Waals surface area contributed by atoms with E-state index in [0.717, 1.165) is 0 Å². The van der Waals surface area contributed by atoms with Gasteiger partial charge in [0.05, 0.1) is 0 Å². The maximum atomic E-state index is 11.6. The van der Waals surface area contributed by atoms with Gasteiger partial charge in [-0.2, -0.15) is 0 Å². The summed E-state index contributed by atoms with van der Waals surface area (Å²) in [7, 11) is 0. The zero-order valence-electron chi connectivity index (χ0n) is 9.80. The van der Waals surface area contributed by atoms with Crippen molar-refractivity contribution in [2.24, 2.45) is 0 Å². The van der Waals surface area contributed by atoms with Crippen LogP contribution in [0.4, 0.5) is 4.79 Å². The summed E-state index contributed by atoms with van der Waals surface area (Å²) in [5.41, 5.74) is -0.441. The Hall–Kier alpha value is -1.35. The number of rotatable bonds is 3. The number of aromatic nitrogens is 1. The van der Waals surface area contributed by atoms with E-state index in [1.807, 2.05) is 0 Å². The molecular weight excluding hydrogens is 285 g/mol. The Morgan fingerprint density at radius 3 is 2.59 bits per heavy atom. The van der Waals surface area contributed by atoms with Crippen LogP contribution in [0.2, 0.25) is 0 Å². The predicted octanol–water partition coefficient (Wildman–Crippen LogP) is 1.04. The zero-order chi connectivity index (χ0) is 13.1. The van der Waals surface area contributed by atoms with Gasteiger partial charge in [-0.3, -0.25) is 0 Å². The molecule has 0 aliphatic carbocycles. The number of hydrogen-bond donors (Lipinski definition) is 1. The quantitative estimate of drug-likeness (QED) is 0.844. The summed E-state index contributed by atoms with van der Waals surface area (Å²) in [5, 5.41) is 8.95. The summed E-state index contributed by atoms with van der Waals surface area (Å²) in [4.78, 5) is 26.4. The molecule has 1 rings (SSSR count). The van der Waals surface area contributed by atoms with E-state index in [-0.39, 0.29) is 10.3 Å². The molecule has 0 aliphatic heterocycles. The Morgan fingerprint density at radius 2 is 2.06 bits per heavy atom. The number of ether oxygens (including phenoxy) is 1. The number of carbonyl (C=O) groups excluding carboxylic acids is 1. The van der Waals surface area contributed by atoms with E-state index in [0.29, 0.717) is 4.35 Å². The molecule has 1 heterocycles. The van der Waals surface area contributed by atoms with Crippen molar-refractivity contribution in [3.63, 3.8) is 0 Å². The van der Waals surface area contributed by atoms with Crippen LogP contribution in [-0.4, -0.2) is 42.2 Å². The van der Waals surface area contributed by atoms with Gasteiger partial charge in [0.1, 0.15) is 0 Å². The van der Waals surface area contributed by atoms with Gasteiger partial charge in [0, 0.05) is 0 Å². The number of hydrogen-bond acceptors (Lipinski definition) is 4. The number of pyridine rings is 1. The summed E-state index contributed by atoms with van der Waals surface area (Å²) in [6.07, 6.45) is 2.80. The molecule has 1 aromatic heterocycles. The Kier molecular flexibility index (Phi) is 4.29. The molecule has 1 radical (unpaired) electrons. The third kappa shape index (κ3) is 4.57. The van der Waals surface area contributed by atoms with Crippen LogP contribution < -0.4 is 4.35 Å². The Morgan fingerprint density at radius 1 is 1.41 bits per heavy atom. The van der Waals surface area contributed by atoms with Gasteiger partial charge in [-0.15, -0.1) is 0 Å². The molecule has 0 fully saturated rings. The first kappa shape index (κ1) is 13.7. The van der Waals surface area contributed by atoms with Crippen molar-refractivity contribution in [2.45, 2.75) is 26.4 Å². The number of carboxylic acids is 1. The molecule has 0 bridgehead atoms. The molecule has 0 unspecified atom stereocenters. The molecule has 5 nitrogen and oxygen atoms in total. The molecule has 0 atom stereocenters. The summed E-state index contributed by atoms with van der Waals surface area (Å²) in [5.74, 6) is -1.05. The van der Waals surface area contributed by atoms with Gasteiger partial charge in [-0.25, -0.2) is 0 Å². The van der Waals surface area contributed by atoms with E-state index in [2.05, 4.69) is 4.98 Å². The van der Waals surface area contributed by atoms with Crippen LogP contribution in [-0.2, 0) is 4.74 Å². The van der Waals surface area contributed by atoms with Gasteiger partial charge >= 0.3 is 106 Å². The van der Waals surface area contributed by atoms with Crippen molar-refractivity contribution in [2.75, 3.05) is 0 Å². The molecule has 91 valence electrons. The van der Waals surface area contributed by atoms with Crippen LogP contribution in [0.3, 0.4) is 0 Å². The fourth-order valence-electron chi connectivity index (χ4n) is 1.04. The maximum absolute atomic E-state index is 11.6. The van der Waals surface area contributed by atoms with Crippen molar-refractivity contribution >= 4 is 30.8 Å². The first-order chi connectivity index (χ1) is 7.79. The van der Waals surface area contributed by atoms with Gasteiger partial charge < -0.3 is 0 Å². The molecule has 0 amide bonds. The number of aromatic carboxylic acids is 1. The molecule has 0 saturated carbocycles. The van der Waals surface area contributed by atoms with Crippen molar-refractivity contribution in [1.82, 2.24) is 4.98 Å². The van der Waals surface area contributed by atoms with Crippen LogP contribution in [0.5, 0.6) is 0 Å². The van der Waals surface area contributed by atoms with Crippen molar-refractivity contribution < 1.29 is 19.4 Å². The van der Waals surface area contributed by atoms with Gasteiger partial charge in [0.15, 0.2) is 0 Å². The summed E-state index contributed by atoms with van der Waals surface area (Å²) in [6.45, 7) is 5.31. The molecule has 0 aromatic carbocycles. The second-order valence-corrected chi connectivity index (χ2v) is 6.54.